The van der Waals surface area contributed by atoms with E-state index in [1.54, 1.807) is 36.1 Å². The average molecular weight is 550 g/mol. The summed E-state index contributed by atoms with van der Waals surface area (Å²) in [4.78, 5) is 41.8. The summed E-state index contributed by atoms with van der Waals surface area (Å²) in [5.41, 5.74) is 0.0996. The van der Waals surface area contributed by atoms with Gasteiger partial charge in [-0.15, -0.1) is 0 Å². The summed E-state index contributed by atoms with van der Waals surface area (Å²) < 4.78 is 31.1. The van der Waals surface area contributed by atoms with Gasteiger partial charge in [-0.3, -0.25) is 14.4 Å². The van der Waals surface area contributed by atoms with Gasteiger partial charge in [0.1, 0.15) is 23.8 Å². The van der Waals surface area contributed by atoms with Crippen LogP contribution in [0.25, 0.3) is 11.0 Å². The number of carbonyl (C=O) groups is 3. The van der Waals surface area contributed by atoms with Gasteiger partial charge in [-0.2, -0.15) is 0 Å². The molecule has 3 aliphatic rings. The number of fused-ring (bicyclic) bond motifs is 3. The molecule has 3 amide bonds. The van der Waals surface area contributed by atoms with Gasteiger partial charge in [-0.25, -0.2) is 4.39 Å². The fraction of sp³-hybridized carbons (Fsp3) is 0.433. The number of benzene rings is 2. The second-order valence-corrected chi connectivity index (χ2v) is 11.1. The number of nitrogens with one attached hydrogen (secondary N) is 2. The van der Waals surface area contributed by atoms with Crippen LogP contribution in [0, 0.1) is 11.7 Å². The lowest BCUT2D eigenvalue weighted by atomic mass is 9.93. The highest BCUT2D eigenvalue weighted by atomic mass is 19.1. The topological polar surface area (TPSA) is 110 Å². The number of halogens is 1. The fourth-order valence-electron chi connectivity index (χ4n) is 5.22. The zero-order chi connectivity index (χ0) is 28.0. The second-order valence-electron chi connectivity index (χ2n) is 11.1. The molecule has 1 atom stereocenters. The molecule has 2 fully saturated rings. The molecule has 40 heavy (non-hydrogen) atoms. The molecule has 2 heterocycles. The van der Waals surface area contributed by atoms with Crippen LogP contribution in [0.15, 0.2) is 40.8 Å². The van der Waals surface area contributed by atoms with Crippen molar-refractivity contribution >= 4 is 28.7 Å². The van der Waals surface area contributed by atoms with Gasteiger partial charge in [0.2, 0.25) is 11.7 Å². The molecule has 2 aromatic carbocycles. The van der Waals surface area contributed by atoms with Gasteiger partial charge in [-0.1, -0.05) is 6.07 Å². The average Bonchev–Trinajstić information content (AvgIpc) is 3.69. The maximum atomic E-state index is 13.9. The summed E-state index contributed by atoms with van der Waals surface area (Å²) in [7, 11) is 1.44. The molecule has 210 valence electrons. The molecule has 3 aromatic rings. The van der Waals surface area contributed by atoms with Crippen LogP contribution in [-0.2, 0) is 11.3 Å². The van der Waals surface area contributed by atoms with E-state index in [4.69, 9.17) is 13.9 Å². The molecular formula is C30H32FN3O6. The van der Waals surface area contributed by atoms with Crippen molar-refractivity contribution in [1.82, 2.24) is 15.5 Å². The van der Waals surface area contributed by atoms with Crippen LogP contribution >= 0.6 is 0 Å². The predicted molar refractivity (Wildman–Crippen MR) is 144 cm³/mol. The lowest BCUT2D eigenvalue weighted by molar-refractivity contribution is -0.133. The monoisotopic (exact) mass is 549 g/mol. The van der Waals surface area contributed by atoms with E-state index < -0.39 is 23.2 Å². The Labute approximate surface area is 231 Å². The summed E-state index contributed by atoms with van der Waals surface area (Å²) in [5.74, 6) is -0.564. The highest BCUT2D eigenvalue weighted by Gasteiger charge is 2.49. The summed E-state index contributed by atoms with van der Waals surface area (Å²) in [6.45, 7) is 2.06. The van der Waals surface area contributed by atoms with Gasteiger partial charge >= 0.3 is 0 Å². The van der Waals surface area contributed by atoms with Crippen LogP contribution in [-0.4, -0.2) is 54.5 Å². The Morgan fingerprint density at radius 1 is 1.15 bits per heavy atom. The summed E-state index contributed by atoms with van der Waals surface area (Å²) in [6, 6.07) is 9.34. The normalized spacial score (nSPS) is 20.8. The molecule has 2 saturated carbocycles. The van der Waals surface area contributed by atoms with E-state index in [1.165, 1.54) is 19.2 Å². The molecule has 1 aromatic heterocycles. The third kappa shape index (κ3) is 4.76. The molecule has 0 bridgehead atoms. The lowest BCUT2D eigenvalue weighted by Crippen LogP contribution is -2.61. The first-order valence-corrected chi connectivity index (χ1v) is 13.7. The van der Waals surface area contributed by atoms with Gasteiger partial charge in [0, 0.05) is 36.3 Å². The molecule has 6 rings (SSSR count). The van der Waals surface area contributed by atoms with E-state index in [-0.39, 0.29) is 36.6 Å². The number of methoxy groups -OCH3 is 1. The number of ether oxygens (including phenoxy) is 2. The summed E-state index contributed by atoms with van der Waals surface area (Å²) in [6.07, 6.45) is 5.02. The molecular weight excluding hydrogens is 517 g/mol. The third-order valence-electron chi connectivity index (χ3n) is 8.20. The molecule has 9 nitrogen and oxygen atoms in total. The minimum Gasteiger partial charge on any atom is -0.496 e. The van der Waals surface area contributed by atoms with Crippen molar-refractivity contribution in [3.63, 3.8) is 0 Å². The molecule has 2 N–H and O–H groups in total. The molecule has 1 aliphatic heterocycles. The standard InChI is InChI=1S/C30H32FN3O6/c1-30(29(37)32-14-19-8-10-20(31)13-23(19)38-2)16-39-25-22-11-9-18(27(35)33-21-4-3-5-21)12-24(22)40-26(25)28(36)34(30)15-17-6-7-17/h8-13,17,21H,3-7,14-16H2,1-2H3,(H,32,37)(H,33,35). The molecule has 0 saturated heterocycles. The van der Waals surface area contributed by atoms with Gasteiger partial charge in [0.05, 0.1) is 12.5 Å². The first-order chi connectivity index (χ1) is 19.3. The Kier molecular flexibility index (Phi) is 6.64. The third-order valence-corrected chi connectivity index (χ3v) is 8.20. The number of furan rings is 1. The maximum absolute atomic E-state index is 13.9. The minimum atomic E-state index is -1.33. The van der Waals surface area contributed by atoms with Crippen molar-refractivity contribution in [2.75, 3.05) is 20.3 Å². The smallest absolute Gasteiger partial charge is 0.294 e. The molecule has 2 aliphatic carbocycles. The Bertz CT molecular complexity index is 1490. The quantitative estimate of drug-likeness (QED) is 0.436. The van der Waals surface area contributed by atoms with E-state index in [9.17, 15) is 18.8 Å². The van der Waals surface area contributed by atoms with E-state index in [0.29, 0.717) is 40.3 Å². The largest absolute Gasteiger partial charge is 0.496 e. The first-order valence-electron chi connectivity index (χ1n) is 13.7. The molecule has 1 unspecified atom stereocenters. The zero-order valence-electron chi connectivity index (χ0n) is 22.6. The number of amides is 3. The highest BCUT2D eigenvalue weighted by Crippen LogP contribution is 2.41. The summed E-state index contributed by atoms with van der Waals surface area (Å²) >= 11 is 0. The Balaban J connectivity index is 1.27. The van der Waals surface area contributed by atoms with Gasteiger partial charge in [0.25, 0.3) is 11.8 Å². The Morgan fingerprint density at radius 3 is 2.65 bits per heavy atom. The number of nitrogens with zero attached hydrogens (tertiary/aromatic N) is 1. The number of hydrogen-bond acceptors (Lipinski definition) is 6. The van der Waals surface area contributed by atoms with Crippen molar-refractivity contribution in [2.45, 2.75) is 57.2 Å². The van der Waals surface area contributed by atoms with E-state index >= 15 is 0 Å². The SMILES string of the molecule is COc1cc(F)ccc1CNC(=O)C1(C)COc2c(oc3cc(C(=O)NC4CCC4)ccc23)C(=O)N1CC1CC1. The van der Waals surface area contributed by atoms with Crippen molar-refractivity contribution in [1.29, 1.82) is 0 Å². The molecule has 10 heteroatoms. The van der Waals surface area contributed by atoms with E-state index in [2.05, 4.69) is 10.6 Å². The maximum Gasteiger partial charge on any atom is 0.294 e. The van der Waals surface area contributed by atoms with Crippen LogP contribution in [0.1, 0.15) is 65.5 Å². The minimum absolute atomic E-state index is 0.0175. The van der Waals surface area contributed by atoms with Crippen LogP contribution in [0.2, 0.25) is 0 Å². The van der Waals surface area contributed by atoms with Gasteiger partial charge in [-0.05, 0) is 69.2 Å². The zero-order valence-corrected chi connectivity index (χ0v) is 22.6. The van der Waals surface area contributed by atoms with Gasteiger partial charge in [0.15, 0.2) is 11.3 Å². The van der Waals surface area contributed by atoms with E-state index in [0.717, 1.165) is 32.1 Å². The van der Waals surface area contributed by atoms with Crippen LogP contribution < -0.4 is 20.1 Å². The van der Waals surface area contributed by atoms with E-state index in [1.807, 2.05) is 0 Å². The van der Waals surface area contributed by atoms with Gasteiger partial charge < -0.3 is 29.4 Å². The van der Waals surface area contributed by atoms with Crippen molar-refractivity contribution < 1.29 is 32.7 Å². The molecule has 0 radical (unpaired) electrons. The Morgan fingerprint density at radius 2 is 1.95 bits per heavy atom. The van der Waals surface area contributed by atoms with Crippen molar-refractivity contribution in [2.24, 2.45) is 5.92 Å². The number of hydrogen-bond donors (Lipinski definition) is 2. The van der Waals surface area contributed by atoms with Crippen LogP contribution in [0.5, 0.6) is 11.5 Å². The highest BCUT2D eigenvalue weighted by molar-refractivity contribution is 6.06. The lowest BCUT2D eigenvalue weighted by Gasteiger charge is -2.37. The van der Waals surface area contributed by atoms with Crippen molar-refractivity contribution in [3.8, 4) is 11.5 Å². The van der Waals surface area contributed by atoms with Crippen LogP contribution in [0.4, 0.5) is 4.39 Å². The predicted octanol–water partition coefficient (Wildman–Crippen LogP) is 4.18. The summed E-state index contributed by atoms with van der Waals surface area (Å²) in [5, 5.41) is 6.46. The second kappa shape index (κ2) is 10.1. The van der Waals surface area contributed by atoms with Crippen LogP contribution in [0.3, 0.4) is 0 Å². The first kappa shape index (κ1) is 26.2. The number of carbonyl (C=O) groups excluding carboxylic acids is 3. The number of rotatable bonds is 8. The van der Waals surface area contributed by atoms with Crippen molar-refractivity contribution in [3.05, 3.63) is 59.1 Å². The fourth-order valence-corrected chi connectivity index (χ4v) is 5.22. The Hall–Kier alpha value is -4.08. The molecule has 0 spiro atoms.